The Kier molecular flexibility index (Phi) is 5.09. The molecular formula is C18H20N4O4. The number of carboxylic acids is 1. The smallest absolute Gasteiger partial charge is 0.325 e. The molecule has 0 spiro atoms. The molecule has 8 heteroatoms. The highest BCUT2D eigenvalue weighted by atomic mass is 16.5. The van der Waals surface area contributed by atoms with E-state index in [-0.39, 0.29) is 12.5 Å². The number of rotatable bonds is 5. The molecule has 0 unspecified atom stereocenters. The van der Waals surface area contributed by atoms with Crippen LogP contribution in [-0.4, -0.2) is 64.6 Å². The molecule has 0 aliphatic carbocycles. The van der Waals surface area contributed by atoms with Gasteiger partial charge in [-0.2, -0.15) is 5.26 Å². The Bertz CT molecular complexity index is 862. The lowest BCUT2D eigenvalue weighted by Crippen LogP contribution is -2.50. The number of carboxylic acid groups (broad SMARTS) is 1. The second-order valence-corrected chi connectivity index (χ2v) is 6.18. The van der Waals surface area contributed by atoms with Crippen molar-refractivity contribution in [2.24, 2.45) is 0 Å². The molecule has 1 aromatic heterocycles. The van der Waals surface area contributed by atoms with Crippen molar-refractivity contribution in [3.05, 3.63) is 30.0 Å². The number of amides is 1. The van der Waals surface area contributed by atoms with Crippen molar-refractivity contribution >= 4 is 22.8 Å². The first-order valence-corrected chi connectivity index (χ1v) is 8.34. The van der Waals surface area contributed by atoms with Gasteiger partial charge in [0.25, 0.3) is 0 Å². The minimum atomic E-state index is -0.939. The molecule has 2 heterocycles. The number of aromatic amines is 1. The van der Waals surface area contributed by atoms with E-state index in [2.05, 4.69) is 4.98 Å². The molecule has 3 rings (SSSR count). The first-order valence-electron chi connectivity index (χ1n) is 8.34. The third-order valence-corrected chi connectivity index (χ3v) is 4.64. The lowest BCUT2D eigenvalue weighted by molar-refractivity contribution is -0.144. The van der Waals surface area contributed by atoms with Crippen LogP contribution in [0.2, 0.25) is 0 Å². The predicted molar refractivity (Wildman–Crippen MR) is 93.6 cm³/mol. The summed E-state index contributed by atoms with van der Waals surface area (Å²) in [6, 6.07) is 6.39. The molecular weight excluding hydrogens is 336 g/mol. The maximum absolute atomic E-state index is 12.0. The van der Waals surface area contributed by atoms with E-state index in [0.717, 1.165) is 10.9 Å². The number of piperazine rings is 1. The number of nitriles is 1. The Morgan fingerprint density at radius 1 is 1.35 bits per heavy atom. The molecule has 0 radical (unpaired) electrons. The molecule has 26 heavy (non-hydrogen) atoms. The van der Waals surface area contributed by atoms with E-state index in [1.807, 2.05) is 11.0 Å². The van der Waals surface area contributed by atoms with Gasteiger partial charge in [0.05, 0.1) is 0 Å². The van der Waals surface area contributed by atoms with Crippen LogP contribution in [0.1, 0.15) is 18.5 Å². The summed E-state index contributed by atoms with van der Waals surface area (Å²) in [5.74, 6) is -0.418. The van der Waals surface area contributed by atoms with Crippen molar-refractivity contribution in [2.45, 2.75) is 13.0 Å². The summed E-state index contributed by atoms with van der Waals surface area (Å²) < 4.78 is 5.33. The van der Waals surface area contributed by atoms with Crippen molar-refractivity contribution in [1.82, 2.24) is 14.8 Å². The van der Waals surface area contributed by atoms with Crippen LogP contribution in [0.15, 0.2) is 24.4 Å². The Hall–Kier alpha value is -3.05. The monoisotopic (exact) mass is 356 g/mol. The lowest BCUT2D eigenvalue weighted by atomic mass is 10.0. The number of hydrogen-bond acceptors (Lipinski definition) is 5. The number of benzene rings is 1. The Morgan fingerprint density at radius 2 is 2.08 bits per heavy atom. The van der Waals surface area contributed by atoms with Crippen molar-refractivity contribution in [2.75, 3.05) is 32.8 Å². The summed E-state index contributed by atoms with van der Waals surface area (Å²) in [6.45, 7) is 3.46. The maximum Gasteiger partial charge on any atom is 0.325 e. The molecule has 1 saturated heterocycles. The molecule has 2 aromatic rings. The van der Waals surface area contributed by atoms with E-state index in [1.165, 1.54) is 6.92 Å². The van der Waals surface area contributed by atoms with Gasteiger partial charge in [0, 0.05) is 55.8 Å². The second-order valence-electron chi connectivity index (χ2n) is 6.18. The zero-order chi connectivity index (χ0) is 18.7. The number of aromatic nitrogens is 1. The quantitative estimate of drug-likeness (QED) is 0.837. The zero-order valence-electron chi connectivity index (χ0n) is 14.4. The van der Waals surface area contributed by atoms with Crippen LogP contribution in [0.5, 0.6) is 5.75 Å². The van der Waals surface area contributed by atoms with Crippen molar-refractivity contribution in [1.29, 1.82) is 5.26 Å². The molecule has 0 saturated carbocycles. The van der Waals surface area contributed by atoms with Gasteiger partial charge in [-0.25, -0.2) is 0 Å². The zero-order valence-corrected chi connectivity index (χ0v) is 14.4. The second kappa shape index (κ2) is 7.45. The molecule has 1 aliphatic heterocycles. The number of nitrogens with zero attached hydrogens (tertiary/aromatic N) is 3. The van der Waals surface area contributed by atoms with Gasteiger partial charge < -0.3 is 19.7 Å². The van der Waals surface area contributed by atoms with E-state index >= 15 is 0 Å². The van der Waals surface area contributed by atoms with E-state index in [9.17, 15) is 14.7 Å². The Balaban J connectivity index is 1.90. The van der Waals surface area contributed by atoms with Crippen LogP contribution in [0.3, 0.4) is 0 Å². The minimum absolute atomic E-state index is 0.00269. The Labute approximate surface area is 150 Å². The molecule has 1 aliphatic rings. The summed E-state index contributed by atoms with van der Waals surface area (Å²) in [5.41, 5.74) is 1.45. The third kappa shape index (κ3) is 3.48. The molecule has 1 amide bonds. The van der Waals surface area contributed by atoms with Gasteiger partial charge in [-0.05, 0) is 18.2 Å². The summed E-state index contributed by atoms with van der Waals surface area (Å²) in [5, 5.41) is 19.2. The van der Waals surface area contributed by atoms with E-state index < -0.39 is 12.0 Å². The van der Waals surface area contributed by atoms with Crippen LogP contribution in [0, 0.1) is 11.3 Å². The lowest BCUT2D eigenvalue weighted by Gasteiger charge is -2.37. The van der Waals surface area contributed by atoms with Gasteiger partial charge in [0.15, 0.2) is 6.61 Å². The highest BCUT2D eigenvalue weighted by Gasteiger charge is 2.32. The van der Waals surface area contributed by atoms with Gasteiger partial charge in [-0.1, -0.05) is 0 Å². The van der Waals surface area contributed by atoms with Crippen LogP contribution in [-0.2, 0) is 9.59 Å². The van der Waals surface area contributed by atoms with Gasteiger partial charge in [0.2, 0.25) is 5.91 Å². The average molecular weight is 356 g/mol. The first-order chi connectivity index (χ1) is 12.5. The molecule has 1 aromatic carbocycles. The Morgan fingerprint density at radius 3 is 2.69 bits per heavy atom. The molecule has 0 bridgehead atoms. The molecule has 136 valence electrons. The van der Waals surface area contributed by atoms with Gasteiger partial charge in [-0.3, -0.25) is 14.5 Å². The standard InChI is InChI=1S/C18H20N4O4/c1-12(23)21-5-7-22(8-6-21)17(18(24)25)15-11-20-16-3-2-13(10-14(15)16)26-9-4-19/h2-3,10-11,17,20H,5-9H2,1H3,(H,24,25)/t17-/m0/s1. The normalized spacial score (nSPS) is 16.2. The molecule has 1 fully saturated rings. The number of H-pyrrole nitrogens is 1. The van der Waals surface area contributed by atoms with Crippen LogP contribution in [0.4, 0.5) is 0 Å². The predicted octanol–water partition coefficient (Wildman–Crippen LogP) is 1.36. The summed E-state index contributed by atoms with van der Waals surface area (Å²) in [6.07, 6.45) is 1.70. The van der Waals surface area contributed by atoms with Crippen molar-refractivity contribution < 1.29 is 19.4 Å². The van der Waals surface area contributed by atoms with Gasteiger partial charge in [-0.15, -0.1) is 0 Å². The van der Waals surface area contributed by atoms with Crippen LogP contribution >= 0.6 is 0 Å². The first kappa shape index (κ1) is 17.8. The largest absolute Gasteiger partial charge is 0.480 e. The number of carbonyl (C=O) groups is 2. The van der Waals surface area contributed by atoms with Crippen LogP contribution < -0.4 is 4.74 Å². The molecule has 8 nitrogen and oxygen atoms in total. The van der Waals surface area contributed by atoms with Crippen molar-refractivity contribution in [3.8, 4) is 11.8 Å². The third-order valence-electron chi connectivity index (χ3n) is 4.64. The number of ether oxygens (including phenoxy) is 1. The highest BCUT2D eigenvalue weighted by molar-refractivity contribution is 5.90. The fraction of sp³-hybridized carbons (Fsp3) is 0.389. The maximum atomic E-state index is 12.0. The summed E-state index contributed by atoms with van der Waals surface area (Å²) in [4.78, 5) is 30.2. The van der Waals surface area contributed by atoms with Gasteiger partial charge in [0.1, 0.15) is 17.9 Å². The summed E-state index contributed by atoms with van der Waals surface area (Å²) >= 11 is 0. The van der Waals surface area contributed by atoms with E-state index in [1.54, 1.807) is 29.3 Å². The number of hydrogen-bond donors (Lipinski definition) is 2. The SMILES string of the molecule is CC(=O)N1CCN([C@H](C(=O)O)c2c[nH]c3ccc(OCC#N)cc23)CC1. The number of aliphatic carboxylic acids is 1. The fourth-order valence-electron chi connectivity index (χ4n) is 3.33. The minimum Gasteiger partial charge on any atom is -0.480 e. The summed E-state index contributed by atoms with van der Waals surface area (Å²) in [7, 11) is 0. The van der Waals surface area contributed by atoms with Gasteiger partial charge >= 0.3 is 5.97 Å². The highest BCUT2D eigenvalue weighted by Crippen LogP contribution is 2.31. The molecule has 1 atom stereocenters. The number of carbonyl (C=O) groups excluding carboxylic acids is 1. The molecule has 2 N–H and O–H groups in total. The fourth-order valence-corrected chi connectivity index (χ4v) is 3.33. The van der Waals surface area contributed by atoms with E-state index in [0.29, 0.717) is 37.5 Å². The van der Waals surface area contributed by atoms with Crippen LogP contribution in [0.25, 0.3) is 10.9 Å². The topological polar surface area (TPSA) is 110 Å². The van der Waals surface area contributed by atoms with E-state index in [4.69, 9.17) is 10.00 Å². The number of fused-ring (bicyclic) bond motifs is 1. The number of nitrogens with one attached hydrogen (secondary N) is 1. The van der Waals surface area contributed by atoms with Crippen molar-refractivity contribution in [3.63, 3.8) is 0 Å². The average Bonchev–Trinajstić information content (AvgIpc) is 3.03.